The molecule has 0 fully saturated rings. The lowest BCUT2D eigenvalue weighted by molar-refractivity contribution is -0.137. The van der Waals surface area contributed by atoms with Gasteiger partial charge in [-0.3, -0.25) is 14.4 Å². The SMILES string of the molecule is CCCCCCCCCCCCCC(=O)O.N.NC(=O)CCC(N)=O. The van der Waals surface area contributed by atoms with Crippen LogP contribution in [-0.2, 0) is 14.4 Å². The van der Waals surface area contributed by atoms with Crippen molar-refractivity contribution in [1.29, 1.82) is 0 Å². The number of rotatable bonds is 15. The molecule has 7 heteroatoms. The monoisotopic (exact) mass is 361 g/mol. The maximum Gasteiger partial charge on any atom is 0.303 e. The van der Waals surface area contributed by atoms with E-state index in [1.165, 1.54) is 57.8 Å². The molecule has 0 aliphatic rings. The Kier molecular flexibility index (Phi) is 25.2. The van der Waals surface area contributed by atoms with E-state index in [9.17, 15) is 14.4 Å². The van der Waals surface area contributed by atoms with Crippen molar-refractivity contribution in [1.82, 2.24) is 6.15 Å². The second-order valence-corrected chi connectivity index (χ2v) is 6.11. The maximum atomic E-state index is 10.3. The van der Waals surface area contributed by atoms with E-state index in [-0.39, 0.29) is 19.0 Å². The second-order valence-electron chi connectivity index (χ2n) is 6.11. The molecule has 0 aromatic heterocycles. The van der Waals surface area contributed by atoms with Crippen LogP contribution in [0.1, 0.15) is 96.8 Å². The Labute approximate surface area is 152 Å². The number of carboxylic acid groups (broad SMARTS) is 1. The number of unbranched alkanes of at least 4 members (excludes halogenated alkanes) is 10. The molecule has 0 saturated heterocycles. The average molecular weight is 362 g/mol. The van der Waals surface area contributed by atoms with Crippen molar-refractivity contribution in [3.8, 4) is 0 Å². The molecule has 0 bridgehead atoms. The summed E-state index contributed by atoms with van der Waals surface area (Å²) in [4.78, 5) is 30.1. The van der Waals surface area contributed by atoms with Crippen molar-refractivity contribution >= 4 is 17.8 Å². The summed E-state index contributed by atoms with van der Waals surface area (Å²) in [7, 11) is 0. The lowest BCUT2D eigenvalue weighted by atomic mass is 10.1. The quantitative estimate of drug-likeness (QED) is 0.327. The molecule has 0 saturated carbocycles. The summed E-state index contributed by atoms with van der Waals surface area (Å²) in [6, 6.07) is 0. The Morgan fingerprint density at radius 3 is 1.24 bits per heavy atom. The number of hydrogen-bond acceptors (Lipinski definition) is 4. The fourth-order valence-electron chi connectivity index (χ4n) is 2.19. The molecular formula is C18H39N3O4. The zero-order valence-electron chi connectivity index (χ0n) is 15.9. The lowest BCUT2D eigenvalue weighted by Gasteiger charge is -2.01. The topological polar surface area (TPSA) is 158 Å². The van der Waals surface area contributed by atoms with Crippen molar-refractivity contribution in [3.05, 3.63) is 0 Å². The molecule has 0 rings (SSSR count). The van der Waals surface area contributed by atoms with E-state index < -0.39 is 17.8 Å². The van der Waals surface area contributed by atoms with Crippen molar-refractivity contribution < 1.29 is 19.5 Å². The molecule has 0 atom stereocenters. The molecule has 0 aromatic rings. The molecule has 0 aliphatic carbocycles. The van der Waals surface area contributed by atoms with Crippen LogP contribution in [0.2, 0.25) is 0 Å². The summed E-state index contributed by atoms with van der Waals surface area (Å²) in [5.74, 6) is -1.65. The van der Waals surface area contributed by atoms with Gasteiger partial charge in [-0.15, -0.1) is 0 Å². The van der Waals surface area contributed by atoms with Crippen molar-refractivity contribution in [2.24, 2.45) is 11.5 Å². The molecule has 0 radical (unpaired) electrons. The van der Waals surface area contributed by atoms with Crippen molar-refractivity contribution in [3.63, 3.8) is 0 Å². The number of carboxylic acids is 1. The van der Waals surface area contributed by atoms with Crippen molar-refractivity contribution in [2.45, 2.75) is 96.8 Å². The van der Waals surface area contributed by atoms with Crippen LogP contribution in [0.4, 0.5) is 0 Å². The maximum absolute atomic E-state index is 10.3. The number of amides is 2. The highest BCUT2D eigenvalue weighted by molar-refractivity contribution is 5.81. The molecule has 2 amide bonds. The summed E-state index contributed by atoms with van der Waals surface area (Å²) < 4.78 is 0. The van der Waals surface area contributed by atoms with Crippen LogP contribution >= 0.6 is 0 Å². The number of carbonyl (C=O) groups excluding carboxylic acids is 2. The van der Waals surface area contributed by atoms with Crippen LogP contribution in [0.25, 0.3) is 0 Å². The third-order valence-electron chi connectivity index (χ3n) is 3.61. The first kappa shape index (κ1) is 28.2. The van der Waals surface area contributed by atoms with Gasteiger partial charge in [0.2, 0.25) is 11.8 Å². The minimum atomic E-state index is -0.657. The Morgan fingerprint density at radius 1 is 0.640 bits per heavy atom. The van der Waals surface area contributed by atoms with E-state index in [4.69, 9.17) is 16.6 Å². The fraction of sp³-hybridized carbons (Fsp3) is 0.833. The highest BCUT2D eigenvalue weighted by Gasteiger charge is 1.97. The van der Waals surface area contributed by atoms with Gasteiger partial charge in [-0.1, -0.05) is 71.1 Å². The van der Waals surface area contributed by atoms with Crippen LogP contribution in [0.15, 0.2) is 0 Å². The van der Waals surface area contributed by atoms with E-state index in [0.29, 0.717) is 6.42 Å². The largest absolute Gasteiger partial charge is 0.481 e. The number of primary amides is 2. The molecule has 25 heavy (non-hydrogen) atoms. The number of carbonyl (C=O) groups is 3. The number of aliphatic carboxylic acids is 1. The summed E-state index contributed by atoms with van der Waals surface area (Å²) >= 11 is 0. The standard InChI is InChI=1S/C14H28O2.C4H8N2O2.H3N/c1-2-3-4-5-6-7-8-9-10-11-12-13-14(15)16;5-3(7)1-2-4(6)8;/h2-13H2,1H3,(H,15,16);1-2H2,(H2,5,7)(H2,6,8);1H3. The van der Waals surface area contributed by atoms with Gasteiger partial charge >= 0.3 is 5.97 Å². The Morgan fingerprint density at radius 2 is 0.960 bits per heavy atom. The molecular weight excluding hydrogens is 322 g/mol. The van der Waals surface area contributed by atoms with Gasteiger partial charge in [0.1, 0.15) is 0 Å². The van der Waals surface area contributed by atoms with E-state index in [0.717, 1.165) is 12.8 Å². The van der Waals surface area contributed by atoms with Gasteiger partial charge in [-0.2, -0.15) is 0 Å². The number of hydrogen-bond donors (Lipinski definition) is 4. The highest BCUT2D eigenvalue weighted by atomic mass is 16.4. The lowest BCUT2D eigenvalue weighted by Crippen LogP contribution is -2.16. The van der Waals surface area contributed by atoms with E-state index >= 15 is 0 Å². The predicted molar refractivity (Wildman–Crippen MR) is 101 cm³/mol. The molecule has 150 valence electrons. The predicted octanol–water partition coefficient (Wildman–Crippen LogP) is 3.67. The van der Waals surface area contributed by atoms with Crippen molar-refractivity contribution in [2.75, 3.05) is 0 Å². The Hall–Kier alpha value is -1.63. The van der Waals surface area contributed by atoms with Gasteiger partial charge in [0.25, 0.3) is 0 Å². The minimum absolute atomic E-state index is 0. The van der Waals surface area contributed by atoms with Gasteiger partial charge in [-0.25, -0.2) is 0 Å². The van der Waals surface area contributed by atoms with Gasteiger partial charge in [0.15, 0.2) is 0 Å². The fourth-order valence-corrected chi connectivity index (χ4v) is 2.19. The van der Waals surface area contributed by atoms with Crippen LogP contribution in [0, 0.1) is 0 Å². The molecule has 0 spiro atoms. The van der Waals surface area contributed by atoms with Crippen LogP contribution in [-0.4, -0.2) is 22.9 Å². The highest BCUT2D eigenvalue weighted by Crippen LogP contribution is 2.11. The zero-order chi connectivity index (χ0) is 18.6. The first-order valence-corrected chi connectivity index (χ1v) is 9.18. The molecule has 0 heterocycles. The van der Waals surface area contributed by atoms with Gasteiger partial charge in [0, 0.05) is 19.3 Å². The third-order valence-corrected chi connectivity index (χ3v) is 3.61. The van der Waals surface area contributed by atoms with Gasteiger partial charge in [0.05, 0.1) is 0 Å². The van der Waals surface area contributed by atoms with Gasteiger partial charge < -0.3 is 22.7 Å². The first-order valence-electron chi connectivity index (χ1n) is 9.18. The summed E-state index contributed by atoms with van der Waals surface area (Å²) in [5, 5.41) is 8.46. The Balaban J connectivity index is -0.000000457. The van der Waals surface area contributed by atoms with E-state index in [1.807, 2.05) is 0 Å². The zero-order valence-corrected chi connectivity index (χ0v) is 15.9. The van der Waals surface area contributed by atoms with Crippen LogP contribution in [0.5, 0.6) is 0 Å². The molecule has 7 nitrogen and oxygen atoms in total. The summed E-state index contributed by atoms with van der Waals surface area (Å²) in [5.41, 5.74) is 9.39. The minimum Gasteiger partial charge on any atom is -0.481 e. The molecule has 8 N–H and O–H groups in total. The van der Waals surface area contributed by atoms with Crippen LogP contribution < -0.4 is 17.6 Å². The molecule has 0 aliphatic heterocycles. The molecule has 0 aromatic carbocycles. The van der Waals surface area contributed by atoms with Gasteiger partial charge in [-0.05, 0) is 6.42 Å². The van der Waals surface area contributed by atoms with E-state index in [2.05, 4.69) is 6.92 Å². The van der Waals surface area contributed by atoms with E-state index in [1.54, 1.807) is 0 Å². The average Bonchev–Trinajstić information content (AvgIpc) is 2.51. The normalized spacial score (nSPS) is 9.48. The smallest absolute Gasteiger partial charge is 0.303 e. The summed E-state index contributed by atoms with van der Waals surface area (Å²) in [6.07, 6.45) is 14.5. The Bertz CT molecular complexity index is 322. The second kappa shape index (κ2) is 22.4. The van der Waals surface area contributed by atoms with Crippen LogP contribution in [0.3, 0.4) is 0 Å². The third kappa shape index (κ3) is 34.6. The molecule has 0 unspecified atom stereocenters. The number of nitrogens with two attached hydrogens (primary N) is 2. The first-order chi connectivity index (χ1) is 11.4. The summed E-state index contributed by atoms with van der Waals surface area (Å²) in [6.45, 7) is 2.25.